The molecule has 0 spiro atoms. The van der Waals surface area contributed by atoms with Crippen molar-refractivity contribution in [2.45, 2.75) is 19.9 Å². The van der Waals surface area contributed by atoms with Crippen LogP contribution < -0.4 is 0 Å². The molecule has 0 atom stereocenters. The first-order valence-electron chi connectivity index (χ1n) is 5.41. The zero-order valence-corrected chi connectivity index (χ0v) is 11.0. The van der Waals surface area contributed by atoms with E-state index < -0.39 is 16.7 Å². The number of rotatable bonds is 3. The van der Waals surface area contributed by atoms with Gasteiger partial charge in [-0.15, -0.1) is 0 Å². The first kappa shape index (κ1) is 13.3. The molecule has 0 N–H and O–H groups in total. The standard InChI is InChI=1S/C11H10N2O5S/c1-6(2)12-10(14)8(19-11(12)15)5-7-3-4-9(18-7)13(16)17/h3-6H,1-2H3/b8-5-. The van der Waals surface area contributed by atoms with Gasteiger partial charge in [0.15, 0.2) is 0 Å². The number of thioether (sulfide) groups is 1. The minimum atomic E-state index is -0.669. The van der Waals surface area contributed by atoms with Crippen molar-refractivity contribution in [1.29, 1.82) is 0 Å². The van der Waals surface area contributed by atoms with Gasteiger partial charge in [-0.05, 0) is 31.7 Å². The molecule has 0 aliphatic carbocycles. The summed E-state index contributed by atoms with van der Waals surface area (Å²) in [5, 5.41) is 10.1. The van der Waals surface area contributed by atoms with Crippen molar-refractivity contribution in [3.63, 3.8) is 0 Å². The SMILES string of the molecule is CC(C)N1C(=O)S/C(=C\c2ccc([N+](=O)[O-])o2)C1=O. The maximum atomic E-state index is 11.9. The lowest BCUT2D eigenvalue weighted by molar-refractivity contribution is -0.402. The van der Waals surface area contributed by atoms with E-state index >= 15 is 0 Å². The average molecular weight is 282 g/mol. The third kappa shape index (κ3) is 2.53. The molecule has 19 heavy (non-hydrogen) atoms. The second kappa shape index (κ2) is 4.88. The molecule has 2 rings (SSSR count). The lowest BCUT2D eigenvalue weighted by Crippen LogP contribution is -2.34. The van der Waals surface area contributed by atoms with Crippen LogP contribution in [0.1, 0.15) is 19.6 Å². The summed E-state index contributed by atoms with van der Waals surface area (Å²) in [6.07, 6.45) is 1.33. The van der Waals surface area contributed by atoms with Gasteiger partial charge in [-0.2, -0.15) is 0 Å². The molecule has 100 valence electrons. The number of nitrogens with zero attached hydrogens (tertiary/aromatic N) is 2. The van der Waals surface area contributed by atoms with Crippen molar-refractivity contribution in [3.8, 4) is 0 Å². The number of hydrogen-bond acceptors (Lipinski definition) is 6. The lowest BCUT2D eigenvalue weighted by Gasteiger charge is -2.16. The topological polar surface area (TPSA) is 93.7 Å². The maximum Gasteiger partial charge on any atom is 0.433 e. The second-order valence-electron chi connectivity index (χ2n) is 4.08. The van der Waals surface area contributed by atoms with Crippen LogP contribution in [0.2, 0.25) is 0 Å². The number of hydrogen-bond donors (Lipinski definition) is 0. The molecule has 1 aromatic rings. The number of amides is 2. The van der Waals surface area contributed by atoms with Gasteiger partial charge in [0.05, 0.1) is 11.0 Å². The van der Waals surface area contributed by atoms with Crippen molar-refractivity contribution >= 4 is 34.9 Å². The Morgan fingerprint density at radius 3 is 2.58 bits per heavy atom. The van der Waals surface area contributed by atoms with E-state index in [2.05, 4.69) is 0 Å². The molecule has 1 aromatic heterocycles. The average Bonchev–Trinajstić information content (AvgIpc) is 2.85. The van der Waals surface area contributed by atoms with E-state index in [0.29, 0.717) is 0 Å². The highest BCUT2D eigenvalue weighted by Crippen LogP contribution is 2.34. The Kier molecular flexibility index (Phi) is 3.43. The van der Waals surface area contributed by atoms with Crippen LogP contribution in [0.25, 0.3) is 6.08 Å². The van der Waals surface area contributed by atoms with Crippen molar-refractivity contribution in [2.24, 2.45) is 0 Å². The summed E-state index contributed by atoms with van der Waals surface area (Å²) >= 11 is 0.791. The third-order valence-electron chi connectivity index (χ3n) is 2.41. The fourth-order valence-corrected chi connectivity index (χ4v) is 2.51. The van der Waals surface area contributed by atoms with Gasteiger partial charge < -0.3 is 4.42 Å². The predicted octanol–water partition coefficient (Wildman–Crippen LogP) is 2.63. The van der Waals surface area contributed by atoms with E-state index in [9.17, 15) is 19.7 Å². The van der Waals surface area contributed by atoms with Gasteiger partial charge in [-0.25, -0.2) is 0 Å². The minimum Gasteiger partial charge on any atom is -0.401 e. The van der Waals surface area contributed by atoms with E-state index in [1.165, 1.54) is 18.2 Å². The summed E-state index contributed by atoms with van der Waals surface area (Å²) in [4.78, 5) is 34.7. The molecular weight excluding hydrogens is 272 g/mol. The zero-order valence-electron chi connectivity index (χ0n) is 10.2. The van der Waals surface area contributed by atoms with Crippen LogP contribution in [0, 0.1) is 10.1 Å². The zero-order chi connectivity index (χ0) is 14.2. The monoisotopic (exact) mass is 282 g/mol. The summed E-state index contributed by atoms with van der Waals surface area (Å²) < 4.78 is 4.92. The summed E-state index contributed by atoms with van der Waals surface area (Å²) in [5.41, 5.74) is 0. The third-order valence-corrected chi connectivity index (χ3v) is 3.29. The number of imide groups is 1. The molecule has 0 bridgehead atoms. The number of furan rings is 1. The quantitative estimate of drug-likeness (QED) is 0.480. The van der Waals surface area contributed by atoms with Crippen LogP contribution in [-0.4, -0.2) is 27.0 Å². The highest BCUT2D eigenvalue weighted by Gasteiger charge is 2.36. The Bertz CT molecular complexity index is 590. The van der Waals surface area contributed by atoms with Crippen LogP contribution >= 0.6 is 11.8 Å². The summed E-state index contributed by atoms with van der Waals surface area (Å²) in [6.45, 7) is 3.47. The molecule has 2 amide bonds. The Morgan fingerprint density at radius 1 is 1.42 bits per heavy atom. The van der Waals surface area contributed by atoms with Gasteiger partial charge in [0.1, 0.15) is 10.7 Å². The van der Waals surface area contributed by atoms with E-state index in [4.69, 9.17) is 4.42 Å². The van der Waals surface area contributed by atoms with Crippen LogP contribution in [0.3, 0.4) is 0 Å². The molecule has 8 heteroatoms. The Morgan fingerprint density at radius 2 is 2.11 bits per heavy atom. The van der Waals surface area contributed by atoms with E-state index in [1.54, 1.807) is 13.8 Å². The number of nitro groups is 1. The number of carbonyl (C=O) groups is 2. The van der Waals surface area contributed by atoms with Crippen LogP contribution in [0.4, 0.5) is 10.7 Å². The first-order valence-corrected chi connectivity index (χ1v) is 6.23. The van der Waals surface area contributed by atoms with E-state index in [1.807, 2.05) is 0 Å². The van der Waals surface area contributed by atoms with Gasteiger partial charge in [-0.1, -0.05) is 0 Å². The number of carbonyl (C=O) groups excluding carboxylic acids is 2. The van der Waals surface area contributed by atoms with Crippen molar-refractivity contribution < 1.29 is 18.9 Å². The van der Waals surface area contributed by atoms with Gasteiger partial charge in [0.25, 0.3) is 11.1 Å². The van der Waals surface area contributed by atoms with Crippen molar-refractivity contribution in [1.82, 2.24) is 4.90 Å². The Labute approximate surface area is 112 Å². The van der Waals surface area contributed by atoms with Crippen LogP contribution in [0.15, 0.2) is 21.5 Å². The van der Waals surface area contributed by atoms with Crippen molar-refractivity contribution in [2.75, 3.05) is 0 Å². The Balaban J connectivity index is 2.27. The fourth-order valence-electron chi connectivity index (χ4n) is 1.57. The summed E-state index contributed by atoms with van der Waals surface area (Å²) in [5.74, 6) is -0.653. The molecule has 1 aliphatic heterocycles. The molecule has 1 aliphatic rings. The molecule has 1 fully saturated rings. The minimum absolute atomic E-state index is 0.168. The smallest absolute Gasteiger partial charge is 0.401 e. The second-order valence-corrected chi connectivity index (χ2v) is 5.07. The predicted molar refractivity (Wildman–Crippen MR) is 68.3 cm³/mol. The largest absolute Gasteiger partial charge is 0.433 e. The van der Waals surface area contributed by atoms with E-state index in [0.717, 1.165) is 16.7 Å². The summed E-state index contributed by atoms with van der Waals surface area (Å²) in [7, 11) is 0. The van der Waals surface area contributed by atoms with Crippen molar-refractivity contribution in [3.05, 3.63) is 32.9 Å². The molecule has 0 radical (unpaired) electrons. The molecular formula is C11H10N2O5S. The summed E-state index contributed by atoms with van der Waals surface area (Å²) in [6, 6.07) is 2.34. The molecule has 1 saturated heterocycles. The molecule has 2 heterocycles. The van der Waals surface area contributed by atoms with Gasteiger partial charge in [-0.3, -0.25) is 24.6 Å². The molecule has 0 unspecified atom stereocenters. The van der Waals surface area contributed by atoms with Gasteiger partial charge >= 0.3 is 5.88 Å². The highest BCUT2D eigenvalue weighted by molar-refractivity contribution is 8.18. The van der Waals surface area contributed by atoms with Crippen LogP contribution in [0.5, 0.6) is 0 Å². The van der Waals surface area contributed by atoms with Gasteiger partial charge in [0.2, 0.25) is 0 Å². The fraction of sp³-hybridized carbons (Fsp3) is 0.273. The molecule has 7 nitrogen and oxygen atoms in total. The normalized spacial score (nSPS) is 17.8. The molecule has 0 saturated carbocycles. The first-order chi connectivity index (χ1) is 8.90. The highest BCUT2D eigenvalue weighted by atomic mass is 32.2. The Hall–Kier alpha value is -2.09. The lowest BCUT2D eigenvalue weighted by atomic mass is 10.3. The maximum absolute atomic E-state index is 11.9. The molecule has 0 aromatic carbocycles. The van der Waals surface area contributed by atoms with E-state index in [-0.39, 0.29) is 21.9 Å². The van der Waals surface area contributed by atoms with Gasteiger partial charge in [0, 0.05) is 12.1 Å². The van der Waals surface area contributed by atoms with Crippen LogP contribution in [-0.2, 0) is 4.79 Å².